The Bertz CT molecular complexity index is 459. The van der Waals surface area contributed by atoms with E-state index in [4.69, 9.17) is 4.55 Å². The maximum Gasteiger partial charge on any atom is 0.375 e. The first-order valence-electron chi connectivity index (χ1n) is 3.87. The van der Waals surface area contributed by atoms with E-state index < -0.39 is 10.3 Å². The van der Waals surface area contributed by atoms with Crippen molar-refractivity contribution >= 4 is 21.7 Å². The van der Waals surface area contributed by atoms with Crippen molar-refractivity contribution in [2.75, 3.05) is 16.9 Å². The van der Waals surface area contributed by atoms with Crippen LogP contribution in [0.1, 0.15) is 0 Å². The molecule has 0 saturated carbocycles. The number of anilines is 2. The Balaban J connectivity index is 2.56. The van der Waals surface area contributed by atoms with Gasteiger partial charge in [-0.25, -0.2) is 0 Å². The van der Waals surface area contributed by atoms with Crippen LogP contribution in [0.4, 0.5) is 11.4 Å². The molecule has 14 heavy (non-hydrogen) atoms. The van der Waals surface area contributed by atoms with E-state index in [1.165, 1.54) is 12.2 Å². The van der Waals surface area contributed by atoms with E-state index in [-0.39, 0.29) is 0 Å². The summed E-state index contributed by atoms with van der Waals surface area (Å²) in [5.74, 6) is 0. The SMILES string of the molecule is CN1Nc2ccccc2N1S(=O)(=O)O. The maximum absolute atomic E-state index is 11.0. The van der Waals surface area contributed by atoms with Gasteiger partial charge < -0.3 is 0 Å². The molecule has 1 aromatic rings. The number of rotatable bonds is 1. The Morgan fingerprint density at radius 1 is 1.36 bits per heavy atom. The average molecular weight is 215 g/mol. The molecule has 0 saturated heterocycles. The minimum absolute atomic E-state index is 0.400. The summed E-state index contributed by atoms with van der Waals surface area (Å²) in [5.41, 5.74) is 3.81. The molecule has 0 bridgehead atoms. The predicted molar refractivity (Wildman–Crippen MR) is 51.9 cm³/mol. The monoisotopic (exact) mass is 215 g/mol. The standard InChI is InChI=1S/C7H9N3O3S/c1-9-8-6-4-2-3-5-7(6)10(9)14(11,12)13/h2-5,8H,1H3,(H,11,12,13). The zero-order valence-corrected chi connectivity index (χ0v) is 8.19. The molecular formula is C7H9N3O3S. The molecule has 1 heterocycles. The zero-order chi connectivity index (χ0) is 10.3. The molecule has 0 radical (unpaired) electrons. The lowest BCUT2D eigenvalue weighted by molar-refractivity contribution is 0.398. The largest absolute Gasteiger partial charge is 0.375 e. The van der Waals surface area contributed by atoms with Crippen LogP contribution in [0, 0.1) is 0 Å². The fourth-order valence-electron chi connectivity index (χ4n) is 1.40. The summed E-state index contributed by atoms with van der Waals surface area (Å²) in [7, 11) is -2.77. The highest BCUT2D eigenvalue weighted by molar-refractivity contribution is 7.87. The van der Waals surface area contributed by atoms with E-state index in [1.807, 2.05) is 0 Å². The first-order valence-corrected chi connectivity index (χ1v) is 5.27. The lowest BCUT2D eigenvalue weighted by Gasteiger charge is -2.21. The van der Waals surface area contributed by atoms with Crippen LogP contribution < -0.4 is 9.84 Å². The summed E-state index contributed by atoms with van der Waals surface area (Å²) in [6.45, 7) is 0. The molecule has 0 spiro atoms. The van der Waals surface area contributed by atoms with Crippen LogP contribution in [0.3, 0.4) is 0 Å². The van der Waals surface area contributed by atoms with E-state index in [1.54, 1.807) is 24.3 Å². The Kier molecular flexibility index (Phi) is 1.88. The van der Waals surface area contributed by atoms with Crippen molar-refractivity contribution in [2.24, 2.45) is 0 Å². The van der Waals surface area contributed by atoms with Gasteiger partial charge in [0.1, 0.15) is 0 Å². The van der Waals surface area contributed by atoms with Crippen LogP contribution >= 0.6 is 0 Å². The van der Waals surface area contributed by atoms with Crippen molar-refractivity contribution in [1.82, 2.24) is 5.12 Å². The lowest BCUT2D eigenvalue weighted by Crippen LogP contribution is -2.42. The van der Waals surface area contributed by atoms with Gasteiger partial charge in [0.15, 0.2) is 0 Å². The fourth-order valence-corrected chi connectivity index (χ4v) is 2.15. The van der Waals surface area contributed by atoms with Crippen LogP contribution in [-0.2, 0) is 10.3 Å². The molecule has 0 aromatic heterocycles. The molecule has 6 nitrogen and oxygen atoms in total. The first-order chi connectivity index (χ1) is 6.50. The molecule has 0 amide bonds. The van der Waals surface area contributed by atoms with Gasteiger partial charge >= 0.3 is 10.3 Å². The number of hydrazine groups is 2. The third kappa shape index (κ3) is 1.31. The summed E-state index contributed by atoms with van der Waals surface area (Å²) in [6.07, 6.45) is 0. The van der Waals surface area contributed by atoms with Crippen LogP contribution in [0.15, 0.2) is 24.3 Å². The van der Waals surface area contributed by atoms with Gasteiger partial charge in [-0.1, -0.05) is 12.1 Å². The number of para-hydroxylation sites is 2. The summed E-state index contributed by atoms with van der Waals surface area (Å²) in [6, 6.07) is 6.78. The second-order valence-corrected chi connectivity index (χ2v) is 4.11. The number of hydrogen-bond donors (Lipinski definition) is 2. The van der Waals surface area contributed by atoms with Crippen LogP contribution in [-0.4, -0.2) is 25.1 Å². The molecule has 0 atom stereocenters. The lowest BCUT2D eigenvalue weighted by atomic mass is 10.3. The van der Waals surface area contributed by atoms with Gasteiger partial charge in [-0.05, 0) is 12.1 Å². The second-order valence-electron chi connectivity index (χ2n) is 2.87. The van der Waals surface area contributed by atoms with E-state index in [2.05, 4.69) is 5.43 Å². The molecule has 76 valence electrons. The van der Waals surface area contributed by atoms with Gasteiger partial charge in [-0.3, -0.25) is 9.98 Å². The van der Waals surface area contributed by atoms with E-state index in [9.17, 15) is 8.42 Å². The summed E-state index contributed by atoms with van der Waals surface area (Å²) < 4.78 is 31.7. The number of fused-ring (bicyclic) bond motifs is 1. The van der Waals surface area contributed by atoms with Gasteiger partial charge in [-0.15, -0.1) is 5.12 Å². The molecule has 1 aromatic carbocycles. The molecule has 0 fully saturated rings. The molecule has 0 unspecified atom stereocenters. The molecule has 0 aliphatic carbocycles. The van der Waals surface area contributed by atoms with Gasteiger partial charge in [-0.2, -0.15) is 12.8 Å². The number of hydrogen-bond acceptors (Lipinski definition) is 4. The van der Waals surface area contributed by atoms with Crippen molar-refractivity contribution in [1.29, 1.82) is 0 Å². The van der Waals surface area contributed by atoms with Crippen molar-refractivity contribution in [3.63, 3.8) is 0 Å². The van der Waals surface area contributed by atoms with Gasteiger partial charge in [0, 0.05) is 7.05 Å². The third-order valence-electron chi connectivity index (χ3n) is 1.88. The number of nitrogens with zero attached hydrogens (tertiary/aromatic N) is 2. The highest BCUT2D eigenvalue weighted by Crippen LogP contribution is 2.33. The Morgan fingerprint density at radius 2 is 2.00 bits per heavy atom. The van der Waals surface area contributed by atoms with Crippen molar-refractivity contribution in [3.8, 4) is 0 Å². The van der Waals surface area contributed by atoms with Gasteiger partial charge in [0.2, 0.25) is 0 Å². The normalized spacial score (nSPS) is 16.6. The molecule has 7 heteroatoms. The molecule has 2 rings (SSSR count). The van der Waals surface area contributed by atoms with Crippen molar-refractivity contribution < 1.29 is 13.0 Å². The predicted octanol–water partition coefficient (Wildman–Crippen LogP) is 0.483. The fraction of sp³-hybridized carbons (Fsp3) is 0.143. The number of benzene rings is 1. The molecular weight excluding hydrogens is 206 g/mol. The Labute approximate surface area is 81.6 Å². The van der Waals surface area contributed by atoms with Gasteiger partial charge in [0.05, 0.1) is 11.4 Å². The Hall–Kier alpha value is -1.31. The van der Waals surface area contributed by atoms with Crippen molar-refractivity contribution in [3.05, 3.63) is 24.3 Å². The highest BCUT2D eigenvalue weighted by Gasteiger charge is 2.32. The smallest absolute Gasteiger partial charge is 0.298 e. The quantitative estimate of drug-likeness (QED) is 0.667. The van der Waals surface area contributed by atoms with Crippen LogP contribution in [0.25, 0.3) is 0 Å². The number of nitrogens with one attached hydrogen (secondary N) is 1. The minimum atomic E-state index is -4.27. The average Bonchev–Trinajstić information content (AvgIpc) is 2.38. The Morgan fingerprint density at radius 3 is 2.64 bits per heavy atom. The third-order valence-corrected chi connectivity index (χ3v) is 2.76. The second kappa shape index (κ2) is 2.84. The van der Waals surface area contributed by atoms with Crippen LogP contribution in [0.2, 0.25) is 0 Å². The maximum atomic E-state index is 11.0. The van der Waals surface area contributed by atoms with E-state index >= 15 is 0 Å². The summed E-state index contributed by atoms with van der Waals surface area (Å²) >= 11 is 0. The molecule has 2 N–H and O–H groups in total. The summed E-state index contributed by atoms with van der Waals surface area (Å²) in [5, 5.41) is 1.19. The first kappa shape index (κ1) is 9.25. The van der Waals surface area contributed by atoms with E-state index in [0.717, 1.165) is 4.41 Å². The van der Waals surface area contributed by atoms with Crippen molar-refractivity contribution in [2.45, 2.75) is 0 Å². The van der Waals surface area contributed by atoms with E-state index in [0.29, 0.717) is 11.4 Å². The van der Waals surface area contributed by atoms with Gasteiger partial charge in [0.25, 0.3) is 0 Å². The molecule has 1 aliphatic rings. The molecule has 1 aliphatic heterocycles. The highest BCUT2D eigenvalue weighted by atomic mass is 32.2. The topological polar surface area (TPSA) is 72.9 Å². The van der Waals surface area contributed by atoms with Crippen LogP contribution in [0.5, 0.6) is 0 Å². The minimum Gasteiger partial charge on any atom is -0.298 e. The summed E-state index contributed by atoms with van der Waals surface area (Å²) in [4.78, 5) is 0. The zero-order valence-electron chi connectivity index (χ0n) is 7.38.